The summed E-state index contributed by atoms with van der Waals surface area (Å²) in [5.41, 5.74) is 2.25. The minimum absolute atomic E-state index is 0.584. The van der Waals surface area contributed by atoms with Crippen LogP contribution in [0.15, 0.2) is 53.6 Å². The molecule has 3 unspecified atom stereocenters. The highest BCUT2D eigenvalue weighted by molar-refractivity contribution is 8.41. The third kappa shape index (κ3) is 8.75. The van der Waals surface area contributed by atoms with E-state index in [4.69, 9.17) is 20.9 Å². The van der Waals surface area contributed by atoms with Gasteiger partial charge in [0.05, 0.1) is 13.3 Å². The molecule has 0 heterocycles. The molecule has 3 atom stereocenters. The van der Waals surface area contributed by atoms with Gasteiger partial charge in [-0.15, -0.1) is 5.10 Å². The van der Waals surface area contributed by atoms with E-state index >= 15 is 0 Å². The van der Waals surface area contributed by atoms with Crippen LogP contribution >= 0.6 is 32.5 Å². The smallest absolute Gasteiger partial charge is 0.466 e. The first-order chi connectivity index (χ1) is 13.3. The molecule has 0 spiro atoms. The van der Waals surface area contributed by atoms with Crippen LogP contribution in [0.5, 0.6) is 11.5 Å². The molecule has 10 heteroatoms. The van der Waals surface area contributed by atoms with Gasteiger partial charge in [-0.1, -0.05) is 34.8 Å². The Morgan fingerprint density at radius 3 is 2.21 bits per heavy atom. The maximum absolute atomic E-state index is 5.87. The fourth-order valence-electron chi connectivity index (χ4n) is 2.15. The average Bonchev–Trinajstić information content (AvgIpc) is 2.66. The molecule has 0 radical (unpaired) electrons. The highest BCUT2D eigenvalue weighted by Crippen LogP contribution is 2.53. The Hall–Kier alpha value is -0.720. The van der Waals surface area contributed by atoms with E-state index in [0.717, 1.165) is 30.0 Å². The molecule has 0 aliphatic heterocycles. The first-order valence-electron chi connectivity index (χ1n) is 8.57. The Morgan fingerprint density at radius 2 is 1.64 bits per heavy atom. The highest BCUT2D eigenvalue weighted by Gasteiger charge is 2.20. The van der Waals surface area contributed by atoms with Gasteiger partial charge in [-0.05, 0) is 68.0 Å². The van der Waals surface area contributed by atoms with E-state index in [1.54, 1.807) is 11.0 Å². The number of hydrazone groups is 1. The van der Waals surface area contributed by atoms with Crippen molar-refractivity contribution in [3.8, 4) is 11.5 Å². The molecule has 0 saturated carbocycles. The van der Waals surface area contributed by atoms with Gasteiger partial charge in [0.25, 0.3) is 0 Å². The van der Waals surface area contributed by atoms with Crippen molar-refractivity contribution in [3.63, 3.8) is 0 Å². The number of likely N-dealkylation sites (N-methyl/N-ethyl adjacent to an activating group) is 1. The third-order valence-electron chi connectivity index (χ3n) is 3.66. The number of nitrogens with zero attached hydrogens (tertiary/aromatic N) is 3. The van der Waals surface area contributed by atoms with E-state index in [0.29, 0.717) is 0 Å². The lowest BCUT2D eigenvalue weighted by molar-refractivity contribution is 0.413. The molecule has 0 saturated heterocycles. The molecular formula is C18H26N3O2P4S+. The summed E-state index contributed by atoms with van der Waals surface area (Å²) >= 11 is 5.47. The second-order valence-corrected chi connectivity index (χ2v) is 14.2. The summed E-state index contributed by atoms with van der Waals surface area (Å²) in [6.45, 7) is 1.02. The van der Waals surface area contributed by atoms with Crippen molar-refractivity contribution >= 4 is 50.5 Å². The van der Waals surface area contributed by atoms with Crippen LogP contribution in [0.3, 0.4) is 0 Å². The average molecular weight is 472 g/mol. The van der Waals surface area contributed by atoms with Crippen molar-refractivity contribution in [2.75, 3.05) is 27.7 Å². The number of hydrogen-bond donors (Lipinski definition) is 0. The van der Waals surface area contributed by atoms with Crippen LogP contribution in [0.25, 0.3) is 0 Å². The van der Waals surface area contributed by atoms with Gasteiger partial charge in [-0.3, -0.25) is 4.52 Å². The molecule has 150 valence electrons. The maximum Gasteiger partial charge on any atom is 0.540 e. The van der Waals surface area contributed by atoms with Gasteiger partial charge in [0.15, 0.2) is 5.75 Å². The van der Waals surface area contributed by atoms with Gasteiger partial charge in [-0.2, -0.15) is 0 Å². The minimum Gasteiger partial charge on any atom is -0.466 e. The molecule has 2 rings (SSSR count). The quantitative estimate of drug-likeness (QED) is 0.268. The van der Waals surface area contributed by atoms with Crippen molar-refractivity contribution in [2.45, 2.75) is 6.42 Å². The third-order valence-corrected chi connectivity index (χ3v) is 6.59. The summed E-state index contributed by atoms with van der Waals surface area (Å²) in [5, 5.41) is 4.40. The highest BCUT2D eigenvalue weighted by atomic mass is 32.4. The van der Waals surface area contributed by atoms with Gasteiger partial charge in [0, 0.05) is 6.54 Å². The largest absolute Gasteiger partial charge is 0.540 e. The molecule has 28 heavy (non-hydrogen) atoms. The Kier molecular flexibility index (Phi) is 10.2. The Bertz CT molecular complexity index is 786. The van der Waals surface area contributed by atoms with Crippen molar-refractivity contribution in [2.24, 2.45) is 5.10 Å². The summed E-state index contributed by atoms with van der Waals surface area (Å²) < 4.78 is 13.2. The first kappa shape index (κ1) is 23.6. The molecule has 0 bridgehead atoms. The lowest BCUT2D eigenvalue weighted by Gasteiger charge is -2.09. The fraction of sp³-hybridized carbons (Fsp3) is 0.278. The summed E-state index contributed by atoms with van der Waals surface area (Å²) in [5.74, 6) is 1.61. The molecule has 2 aromatic rings. The van der Waals surface area contributed by atoms with Gasteiger partial charge in [-0.25, -0.2) is 0 Å². The normalized spacial score (nSPS) is 11.9. The standard InChI is InChI=1S/C18H26N3O2P4S/c1-20(2)13-12-15-4-8-17(9-5-15)22-26(28)21(3)19-14-16-6-10-18(11-7-16)23-27(24)25/h4-11,14H,12-13,24-25H2,1-3H3/q+1/b19-14+. The first-order valence-corrected chi connectivity index (χ1v) is 15.3. The lowest BCUT2D eigenvalue weighted by Crippen LogP contribution is -2.14. The number of rotatable bonds is 10. The zero-order valence-electron chi connectivity index (χ0n) is 16.2. The molecule has 0 fully saturated rings. The van der Waals surface area contributed by atoms with Crippen molar-refractivity contribution in [3.05, 3.63) is 59.7 Å². The summed E-state index contributed by atoms with van der Waals surface area (Å²) in [6.07, 6.45) is 2.78. The van der Waals surface area contributed by atoms with E-state index in [2.05, 4.69) is 54.1 Å². The van der Waals surface area contributed by atoms with Crippen LogP contribution in [-0.4, -0.2) is 43.6 Å². The molecular weight excluding hydrogens is 446 g/mol. The van der Waals surface area contributed by atoms with Crippen LogP contribution in [-0.2, 0) is 18.2 Å². The lowest BCUT2D eigenvalue weighted by atomic mass is 10.1. The van der Waals surface area contributed by atoms with Crippen molar-refractivity contribution < 1.29 is 9.05 Å². The van der Waals surface area contributed by atoms with Gasteiger partial charge in [0.2, 0.25) is 11.8 Å². The van der Waals surface area contributed by atoms with E-state index in [-0.39, 0.29) is 0 Å². The second kappa shape index (κ2) is 12.1. The summed E-state index contributed by atoms with van der Waals surface area (Å²) in [4.78, 5) is 2.17. The summed E-state index contributed by atoms with van der Waals surface area (Å²) in [6, 6.07) is 15.9. The maximum atomic E-state index is 5.87. The Labute approximate surface area is 179 Å². The van der Waals surface area contributed by atoms with Crippen molar-refractivity contribution in [1.29, 1.82) is 0 Å². The molecule has 0 aromatic heterocycles. The SMILES string of the molecule is CN(C)CCc1ccc(O[P+](=S)N(C)/N=C/c2ccc(OP(P)P)cc2)cc1. The van der Waals surface area contributed by atoms with E-state index in [9.17, 15) is 0 Å². The Morgan fingerprint density at radius 1 is 1.04 bits per heavy atom. The Balaban J connectivity index is 1.87. The molecule has 2 aromatic carbocycles. The van der Waals surface area contributed by atoms with Gasteiger partial charge >= 0.3 is 7.07 Å². The topological polar surface area (TPSA) is 37.3 Å². The second-order valence-electron chi connectivity index (χ2n) is 6.28. The van der Waals surface area contributed by atoms with Crippen LogP contribution in [0, 0.1) is 0 Å². The molecule has 5 nitrogen and oxygen atoms in total. The predicted octanol–water partition coefficient (Wildman–Crippen LogP) is 5.27. The van der Waals surface area contributed by atoms with Crippen molar-refractivity contribution in [1.82, 2.24) is 9.68 Å². The zero-order chi connectivity index (χ0) is 20.5. The van der Waals surface area contributed by atoms with Gasteiger partial charge < -0.3 is 9.42 Å². The monoisotopic (exact) mass is 472 g/mol. The van der Waals surface area contributed by atoms with E-state index in [1.165, 1.54) is 5.56 Å². The van der Waals surface area contributed by atoms with Crippen LogP contribution in [0.2, 0.25) is 0 Å². The predicted molar refractivity (Wildman–Crippen MR) is 132 cm³/mol. The molecule has 0 amide bonds. The summed E-state index contributed by atoms with van der Waals surface area (Å²) in [7, 11) is 9.39. The molecule has 0 N–H and O–H groups in total. The van der Waals surface area contributed by atoms with E-state index in [1.807, 2.05) is 43.4 Å². The fourth-order valence-corrected chi connectivity index (χ4v) is 4.18. The molecule has 0 aliphatic rings. The minimum atomic E-state index is -1.28. The van der Waals surface area contributed by atoms with E-state index < -0.39 is 14.6 Å². The van der Waals surface area contributed by atoms with Crippen LogP contribution in [0.4, 0.5) is 0 Å². The molecule has 0 aliphatic carbocycles. The van der Waals surface area contributed by atoms with Crippen LogP contribution < -0.4 is 9.05 Å². The zero-order valence-corrected chi connectivity index (χ0v) is 21.1. The number of benzene rings is 2. The van der Waals surface area contributed by atoms with Gasteiger partial charge in [0.1, 0.15) is 13.3 Å². The number of hydrogen-bond acceptors (Lipinski definition) is 5. The van der Waals surface area contributed by atoms with Crippen LogP contribution in [0.1, 0.15) is 11.1 Å².